The number of nitrogens with two attached hydrogens (primary N) is 1. The van der Waals surface area contributed by atoms with E-state index in [0.29, 0.717) is 5.82 Å². The number of nitrogen functional groups attached to an aromatic ring is 1. The molecular weight excluding hydrogens is 188 g/mol. The third-order valence-corrected chi connectivity index (χ3v) is 2.40. The summed E-state index contributed by atoms with van der Waals surface area (Å²) in [6.07, 6.45) is 5.05. The van der Waals surface area contributed by atoms with Crippen LogP contribution >= 0.6 is 0 Å². The summed E-state index contributed by atoms with van der Waals surface area (Å²) >= 11 is 0. The Hall–Kier alpha value is -1.97. The van der Waals surface area contributed by atoms with E-state index in [0.717, 1.165) is 22.4 Å². The van der Waals surface area contributed by atoms with Crippen molar-refractivity contribution in [3.63, 3.8) is 0 Å². The minimum atomic E-state index is 0.524. The first-order chi connectivity index (χ1) is 7.20. The van der Waals surface area contributed by atoms with E-state index in [4.69, 9.17) is 5.73 Å². The van der Waals surface area contributed by atoms with Crippen LogP contribution in [0.15, 0.2) is 24.8 Å². The van der Waals surface area contributed by atoms with Crippen LogP contribution in [0.2, 0.25) is 0 Å². The van der Waals surface area contributed by atoms with Gasteiger partial charge in [0, 0.05) is 23.5 Å². The van der Waals surface area contributed by atoms with Gasteiger partial charge in [0.15, 0.2) is 0 Å². The number of aromatic nitrogens is 3. The number of hydrogen-bond donors (Lipinski definition) is 1. The van der Waals surface area contributed by atoms with E-state index in [-0.39, 0.29) is 0 Å². The average molecular weight is 200 g/mol. The van der Waals surface area contributed by atoms with Gasteiger partial charge in [-0.25, -0.2) is 9.97 Å². The SMILES string of the molecule is Cc1cnccc1-c1ncnc(N)c1C. The third-order valence-electron chi connectivity index (χ3n) is 2.40. The molecule has 2 rings (SSSR count). The second-order valence-corrected chi connectivity index (χ2v) is 3.42. The Bertz CT molecular complexity index is 494. The summed E-state index contributed by atoms with van der Waals surface area (Å²) < 4.78 is 0. The van der Waals surface area contributed by atoms with Gasteiger partial charge in [-0.05, 0) is 25.5 Å². The largest absolute Gasteiger partial charge is 0.383 e. The summed E-state index contributed by atoms with van der Waals surface area (Å²) in [4.78, 5) is 12.2. The Labute approximate surface area is 88.2 Å². The van der Waals surface area contributed by atoms with E-state index >= 15 is 0 Å². The first-order valence-corrected chi connectivity index (χ1v) is 4.68. The molecule has 0 saturated heterocycles. The molecule has 2 heterocycles. The van der Waals surface area contributed by atoms with E-state index in [1.165, 1.54) is 6.33 Å². The van der Waals surface area contributed by atoms with Gasteiger partial charge in [0.05, 0.1) is 5.69 Å². The second-order valence-electron chi connectivity index (χ2n) is 3.42. The Balaban J connectivity index is 2.65. The minimum absolute atomic E-state index is 0.524. The summed E-state index contributed by atoms with van der Waals surface area (Å²) in [6, 6.07) is 1.93. The van der Waals surface area contributed by atoms with Crippen LogP contribution < -0.4 is 5.73 Å². The highest BCUT2D eigenvalue weighted by molar-refractivity contribution is 5.69. The fourth-order valence-corrected chi connectivity index (χ4v) is 1.47. The van der Waals surface area contributed by atoms with E-state index < -0.39 is 0 Å². The number of aryl methyl sites for hydroxylation is 1. The van der Waals surface area contributed by atoms with Gasteiger partial charge in [0.2, 0.25) is 0 Å². The Morgan fingerprint density at radius 3 is 2.73 bits per heavy atom. The average Bonchev–Trinajstić information content (AvgIpc) is 2.23. The van der Waals surface area contributed by atoms with Gasteiger partial charge in [0.1, 0.15) is 12.1 Å². The normalized spacial score (nSPS) is 10.3. The molecule has 0 spiro atoms. The Kier molecular flexibility index (Phi) is 2.33. The zero-order chi connectivity index (χ0) is 10.8. The van der Waals surface area contributed by atoms with Crippen LogP contribution in [-0.4, -0.2) is 15.0 Å². The second kappa shape index (κ2) is 3.65. The highest BCUT2D eigenvalue weighted by Gasteiger charge is 2.08. The van der Waals surface area contributed by atoms with Gasteiger partial charge < -0.3 is 5.73 Å². The molecule has 4 heteroatoms. The van der Waals surface area contributed by atoms with Crippen LogP contribution in [0.5, 0.6) is 0 Å². The minimum Gasteiger partial charge on any atom is -0.383 e. The van der Waals surface area contributed by atoms with Gasteiger partial charge in [-0.2, -0.15) is 0 Å². The van der Waals surface area contributed by atoms with Crippen LogP contribution in [-0.2, 0) is 0 Å². The van der Waals surface area contributed by atoms with Crippen LogP contribution in [0.3, 0.4) is 0 Å². The summed E-state index contributed by atoms with van der Waals surface area (Å²) in [5.41, 5.74) is 9.66. The van der Waals surface area contributed by atoms with Crippen molar-refractivity contribution in [3.05, 3.63) is 35.9 Å². The lowest BCUT2D eigenvalue weighted by molar-refractivity contribution is 1.13. The molecule has 0 fully saturated rings. The van der Waals surface area contributed by atoms with Crippen molar-refractivity contribution < 1.29 is 0 Å². The summed E-state index contributed by atoms with van der Waals surface area (Å²) in [7, 11) is 0. The zero-order valence-electron chi connectivity index (χ0n) is 8.73. The molecule has 0 atom stereocenters. The molecule has 0 bridgehead atoms. The molecule has 0 unspecified atom stereocenters. The fraction of sp³-hybridized carbons (Fsp3) is 0.182. The molecule has 15 heavy (non-hydrogen) atoms. The predicted octanol–water partition coefficient (Wildman–Crippen LogP) is 1.74. The predicted molar refractivity (Wildman–Crippen MR) is 59.1 cm³/mol. The maximum Gasteiger partial charge on any atom is 0.130 e. The maximum absolute atomic E-state index is 5.74. The quantitative estimate of drug-likeness (QED) is 0.761. The van der Waals surface area contributed by atoms with Gasteiger partial charge in [0.25, 0.3) is 0 Å². The highest BCUT2D eigenvalue weighted by Crippen LogP contribution is 2.25. The van der Waals surface area contributed by atoms with Crippen molar-refractivity contribution in [3.8, 4) is 11.3 Å². The molecule has 76 valence electrons. The van der Waals surface area contributed by atoms with Crippen molar-refractivity contribution in [1.29, 1.82) is 0 Å². The molecular formula is C11H12N4. The maximum atomic E-state index is 5.74. The lowest BCUT2D eigenvalue weighted by Gasteiger charge is -2.08. The monoisotopic (exact) mass is 200 g/mol. The van der Waals surface area contributed by atoms with Crippen LogP contribution in [0, 0.1) is 13.8 Å². The number of pyridine rings is 1. The standard InChI is InChI=1S/C11H12N4/c1-7-5-13-4-3-9(7)10-8(2)11(12)15-6-14-10/h3-6H,1-2H3,(H2,12,14,15). The number of nitrogens with zero attached hydrogens (tertiary/aromatic N) is 3. The van der Waals surface area contributed by atoms with E-state index in [1.807, 2.05) is 26.1 Å². The van der Waals surface area contributed by atoms with Crippen LogP contribution in [0.25, 0.3) is 11.3 Å². The van der Waals surface area contributed by atoms with E-state index in [2.05, 4.69) is 15.0 Å². The molecule has 2 aromatic rings. The zero-order valence-corrected chi connectivity index (χ0v) is 8.73. The van der Waals surface area contributed by atoms with Gasteiger partial charge >= 0.3 is 0 Å². The Morgan fingerprint density at radius 2 is 2.00 bits per heavy atom. The molecule has 0 amide bonds. The smallest absolute Gasteiger partial charge is 0.130 e. The lowest BCUT2D eigenvalue weighted by Crippen LogP contribution is -1.99. The van der Waals surface area contributed by atoms with Gasteiger partial charge in [-0.15, -0.1) is 0 Å². The number of hydrogen-bond acceptors (Lipinski definition) is 4. The summed E-state index contributed by atoms with van der Waals surface area (Å²) in [5.74, 6) is 0.524. The summed E-state index contributed by atoms with van der Waals surface area (Å²) in [5, 5.41) is 0. The van der Waals surface area contributed by atoms with Gasteiger partial charge in [-0.1, -0.05) is 0 Å². The molecule has 0 aliphatic rings. The fourth-order valence-electron chi connectivity index (χ4n) is 1.47. The van der Waals surface area contributed by atoms with Crippen LogP contribution in [0.1, 0.15) is 11.1 Å². The van der Waals surface area contributed by atoms with Crippen molar-refractivity contribution >= 4 is 5.82 Å². The first kappa shape index (κ1) is 9.58. The molecule has 0 aromatic carbocycles. The van der Waals surface area contributed by atoms with Crippen molar-refractivity contribution in [2.75, 3.05) is 5.73 Å². The van der Waals surface area contributed by atoms with E-state index in [1.54, 1.807) is 6.20 Å². The van der Waals surface area contributed by atoms with Crippen molar-refractivity contribution in [1.82, 2.24) is 15.0 Å². The third kappa shape index (κ3) is 1.66. The van der Waals surface area contributed by atoms with E-state index in [9.17, 15) is 0 Å². The molecule has 4 nitrogen and oxygen atoms in total. The van der Waals surface area contributed by atoms with Crippen molar-refractivity contribution in [2.45, 2.75) is 13.8 Å². The molecule has 2 N–H and O–H groups in total. The van der Waals surface area contributed by atoms with Crippen molar-refractivity contribution in [2.24, 2.45) is 0 Å². The molecule has 0 aliphatic heterocycles. The molecule has 2 aromatic heterocycles. The number of rotatable bonds is 1. The molecule has 0 radical (unpaired) electrons. The molecule has 0 saturated carbocycles. The highest BCUT2D eigenvalue weighted by atomic mass is 14.9. The van der Waals surface area contributed by atoms with Crippen LogP contribution in [0.4, 0.5) is 5.82 Å². The van der Waals surface area contributed by atoms with Gasteiger partial charge in [-0.3, -0.25) is 4.98 Å². The molecule has 0 aliphatic carbocycles. The lowest BCUT2D eigenvalue weighted by atomic mass is 10.0. The number of anilines is 1. The Morgan fingerprint density at radius 1 is 1.20 bits per heavy atom. The first-order valence-electron chi connectivity index (χ1n) is 4.68. The topological polar surface area (TPSA) is 64.7 Å². The summed E-state index contributed by atoms with van der Waals surface area (Å²) in [6.45, 7) is 3.92.